The highest BCUT2D eigenvalue weighted by atomic mass is 16.2. The molecule has 2 aromatic rings. The third-order valence-corrected chi connectivity index (χ3v) is 5.40. The molecule has 2 heterocycles. The Morgan fingerprint density at radius 2 is 1.73 bits per heavy atom. The lowest BCUT2D eigenvalue weighted by Crippen LogP contribution is -2.54. The van der Waals surface area contributed by atoms with E-state index in [1.807, 2.05) is 35.2 Å². The summed E-state index contributed by atoms with van der Waals surface area (Å²) in [6, 6.07) is 14.0. The topological polar surface area (TPSA) is 113 Å². The van der Waals surface area contributed by atoms with Crippen LogP contribution in [0.3, 0.4) is 0 Å². The van der Waals surface area contributed by atoms with Gasteiger partial charge in [0, 0.05) is 31.7 Å². The molecule has 1 fully saturated rings. The van der Waals surface area contributed by atoms with Gasteiger partial charge in [-0.3, -0.25) is 29.4 Å². The van der Waals surface area contributed by atoms with Crippen LogP contribution in [-0.4, -0.2) is 47.7 Å². The Bertz CT molecular complexity index is 1020. The quantitative estimate of drug-likeness (QED) is 0.694. The highest BCUT2D eigenvalue weighted by Gasteiger charge is 2.44. The van der Waals surface area contributed by atoms with Crippen molar-refractivity contribution < 1.29 is 19.2 Å². The standard InChI is InChI=1S/C22H22N4O4/c23-10-11-25(13-14-4-2-1-3-5-14)15-6-7-16-17(12-15)22(30)26(21(16)29)18-8-9-19(27)24-20(18)28/h1-7,12,18H,8-11,13,23H2,(H,24,27,28). The molecule has 8 nitrogen and oxygen atoms in total. The molecule has 1 unspecified atom stereocenters. The predicted octanol–water partition coefficient (Wildman–Crippen LogP) is 1.05. The Labute approximate surface area is 173 Å². The Morgan fingerprint density at radius 1 is 1.00 bits per heavy atom. The Morgan fingerprint density at radius 3 is 2.43 bits per heavy atom. The Kier molecular flexibility index (Phi) is 5.33. The maximum atomic E-state index is 13.0. The van der Waals surface area contributed by atoms with Crippen molar-refractivity contribution in [2.24, 2.45) is 5.73 Å². The van der Waals surface area contributed by atoms with Gasteiger partial charge in [-0.05, 0) is 30.2 Å². The second kappa shape index (κ2) is 8.08. The maximum absolute atomic E-state index is 13.0. The number of nitrogens with zero attached hydrogens (tertiary/aromatic N) is 2. The molecule has 3 N–H and O–H groups in total. The van der Waals surface area contributed by atoms with Crippen molar-refractivity contribution in [3.63, 3.8) is 0 Å². The molecule has 30 heavy (non-hydrogen) atoms. The van der Waals surface area contributed by atoms with Gasteiger partial charge < -0.3 is 10.6 Å². The summed E-state index contributed by atoms with van der Waals surface area (Å²) in [6.45, 7) is 1.61. The summed E-state index contributed by atoms with van der Waals surface area (Å²) >= 11 is 0. The fraction of sp³-hybridized carbons (Fsp3) is 0.273. The van der Waals surface area contributed by atoms with E-state index in [-0.39, 0.29) is 24.0 Å². The SMILES string of the molecule is NCCN(Cc1ccccc1)c1ccc2c(c1)C(=O)N(C1CCC(=O)NC1=O)C2=O. The highest BCUT2D eigenvalue weighted by Crippen LogP contribution is 2.31. The van der Waals surface area contributed by atoms with Crippen LogP contribution in [0.5, 0.6) is 0 Å². The molecule has 1 saturated heterocycles. The van der Waals surface area contributed by atoms with Gasteiger partial charge in [-0.25, -0.2) is 0 Å². The van der Waals surface area contributed by atoms with Crippen LogP contribution < -0.4 is 16.0 Å². The zero-order valence-corrected chi connectivity index (χ0v) is 16.3. The van der Waals surface area contributed by atoms with Crippen molar-refractivity contribution in [3.05, 3.63) is 65.2 Å². The van der Waals surface area contributed by atoms with E-state index < -0.39 is 29.7 Å². The first-order valence-electron chi connectivity index (χ1n) is 9.84. The van der Waals surface area contributed by atoms with Gasteiger partial charge in [0.2, 0.25) is 11.8 Å². The first-order valence-corrected chi connectivity index (χ1v) is 9.84. The van der Waals surface area contributed by atoms with Gasteiger partial charge in [0.25, 0.3) is 11.8 Å². The first-order chi connectivity index (χ1) is 14.5. The van der Waals surface area contributed by atoms with Crippen LogP contribution in [0.15, 0.2) is 48.5 Å². The largest absolute Gasteiger partial charge is 0.366 e. The number of carbonyl (C=O) groups excluding carboxylic acids is 4. The summed E-state index contributed by atoms with van der Waals surface area (Å²) < 4.78 is 0. The van der Waals surface area contributed by atoms with Gasteiger partial charge in [0.05, 0.1) is 11.1 Å². The smallest absolute Gasteiger partial charge is 0.262 e. The summed E-state index contributed by atoms with van der Waals surface area (Å²) in [5, 5.41) is 2.20. The monoisotopic (exact) mass is 406 g/mol. The van der Waals surface area contributed by atoms with Crippen LogP contribution in [0.1, 0.15) is 39.1 Å². The number of hydrogen-bond acceptors (Lipinski definition) is 6. The second-order valence-electron chi connectivity index (χ2n) is 7.37. The molecular weight excluding hydrogens is 384 g/mol. The van der Waals surface area contributed by atoms with Crippen LogP contribution in [0.25, 0.3) is 0 Å². The molecule has 0 aromatic heterocycles. The molecule has 1 atom stereocenters. The number of rotatable bonds is 6. The number of carbonyl (C=O) groups is 4. The lowest BCUT2D eigenvalue weighted by Gasteiger charge is -2.27. The van der Waals surface area contributed by atoms with E-state index >= 15 is 0 Å². The average Bonchev–Trinajstić information content (AvgIpc) is 2.99. The fourth-order valence-corrected chi connectivity index (χ4v) is 3.91. The van der Waals surface area contributed by atoms with Gasteiger partial charge in [-0.2, -0.15) is 0 Å². The molecule has 2 aliphatic heterocycles. The van der Waals surface area contributed by atoms with E-state index in [1.54, 1.807) is 18.2 Å². The van der Waals surface area contributed by atoms with Gasteiger partial charge in [0.1, 0.15) is 6.04 Å². The average molecular weight is 406 g/mol. The summed E-state index contributed by atoms with van der Waals surface area (Å²) in [6.07, 6.45) is 0.229. The van der Waals surface area contributed by atoms with E-state index in [0.717, 1.165) is 16.2 Å². The summed E-state index contributed by atoms with van der Waals surface area (Å²) in [4.78, 5) is 52.5. The number of nitrogens with one attached hydrogen (secondary N) is 1. The zero-order valence-electron chi connectivity index (χ0n) is 16.3. The van der Waals surface area contributed by atoms with Gasteiger partial charge in [-0.1, -0.05) is 30.3 Å². The molecule has 0 aliphatic carbocycles. The molecule has 0 spiro atoms. The van der Waals surface area contributed by atoms with E-state index in [1.165, 1.54) is 0 Å². The van der Waals surface area contributed by atoms with Crippen molar-refractivity contribution in [3.8, 4) is 0 Å². The molecule has 8 heteroatoms. The third-order valence-electron chi connectivity index (χ3n) is 5.40. The minimum absolute atomic E-state index is 0.0937. The van der Waals surface area contributed by atoms with Crippen LogP contribution in [-0.2, 0) is 16.1 Å². The molecule has 154 valence electrons. The van der Waals surface area contributed by atoms with Crippen molar-refractivity contribution in [2.75, 3.05) is 18.0 Å². The van der Waals surface area contributed by atoms with Gasteiger partial charge in [-0.15, -0.1) is 0 Å². The number of piperidine rings is 1. The minimum atomic E-state index is -0.969. The van der Waals surface area contributed by atoms with E-state index in [2.05, 4.69) is 5.32 Å². The summed E-state index contributed by atoms with van der Waals surface area (Å²) in [5.41, 5.74) is 8.18. The number of benzene rings is 2. The van der Waals surface area contributed by atoms with E-state index in [9.17, 15) is 19.2 Å². The zero-order chi connectivity index (χ0) is 21.3. The Hall–Kier alpha value is -3.52. The molecule has 4 amide bonds. The van der Waals surface area contributed by atoms with E-state index in [0.29, 0.717) is 19.6 Å². The second-order valence-corrected chi connectivity index (χ2v) is 7.37. The number of anilines is 1. The number of amides is 4. The van der Waals surface area contributed by atoms with Gasteiger partial charge in [0.15, 0.2) is 0 Å². The summed E-state index contributed by atoms with van der Waals surface area (Å²) in [5.74, 6) is -2.04. The first kappa shape index (κ1) is 19.8. The van der Waals surface area contributed by atoms with Crippen LogP contribution in [0.2, 0.25) is 0 Å². The summed E-state index contributed by atoms with van der Waals surface area (Å²) in [7, 11) is 0. The lowest BCUT2D eigenvalue weighted by molar-refractivity contribution is -0.136. The molecule has 2 aromatic carbocycles. The number of hydrogen-bond donors (Lipinski definition) is 2. The van der Waals surface area contributed by atoms with Crippen molar-refractivity contribution in [2.45, 2.75) is 25.4 Å². The van der Waals surface area contributed by atoms with Crippen LogP contribution >= 0.6 is 0 Å². The fourth-order valence-electron chi connectivity index (χ4n) is 3.91. The maximum Gasteiger partial charge on any atom is 0.262 e. The van der Waals surface area contributed by atoms with Crippen molar-refractivity contribution in [1.82, 2.24) is 10.2 Å². The van der Waals surface area contributed by atoms with Crippen LogP contribution in [0, 0.1) is 0 Å². The highest BCUT2D eigenvalue weighted by molar-refractivity contribution is 6.23. The molecule has 0 radical (unpaired) electrons. The molecular formula is C22H22N4O4. The molecule has 0 bridgehead atoms. The minimum Gasteiger partial charge on any atom is -0.366 e. The normalized spacial score (nSPS) is 18.4. The number of imide groups is 2. The molecule has 2 aliphatic rings. The van der Waals surface area contributed by atoms with E-state index in [4.69, 9.17) is 5.73 Å². The molecule has 0 saturated carbocycles. The molecule has 4 rings (SSSR count). The van der Waals surface area contributed by atoms with Crippen LogP contribution in [0.4, 0.5) is 5.69 Å². The number of nitrogens with two attached hydrogens (primary N) is 1. The number of fused-ring (bicyclic) bond motifs is 1. The predicted molar refractivity (Wildman–Crippen MR) is 110 cm³/mol. The Balaban J connectivity index is 1.62. The third kappa shape index (κ3) is 3.57. The van der Waals surface area contributed by atoms with Crippen molar-refractivity contribution >= 4 is 29.3 Å². The van der Waals surface area contributed by atoms with Crippen molar-refractivity contribution in [1.29, 1.82) is 0 Å². The van der Waals surface area contributed by atoms with Gasteiger partial charge >= 0.3 is 0 Å². The lowest BCUT2D eigenvalue weighted by atomic mass is 10.0.